The third kappa shape index (κ3) is 6.40. The van der Waals surface area contributed by atoms with Crippen molar-refractivity contribution in [1.82, 2.24) is 0 Å². The van der Waals surface area contributed by atoms with Crippen LogP contribution in [0.15, 0.2) is 0 Å². The molecule has 5 saturated carbocycles. The number of cyclic esters (lactones) is 1. The highest BCUT2D eigenvalue weighted by Crippen LogP contribution is 2.66. The fourth-order valence-corrected chi connectivity index (χ4v) is 12.5. The zero-order valence-corrected chi connectivity index (χ0v) is 29.6. The van der Waals surface area contributed by atoms with Gasteiger partial charge in [-0.05, 0) is 119 Å². The van der Waals surface area contributed by atoms with Gasteiger partial charge in [-0.2, -0.15) is 0 Å². The minimum absolute atomic E-state index is 0.0000463. The van der Waals surface area contributed by atoms with Gasteiger partial charge in [0.2, 0.25) is 0 Å². The van der Waals surface area contributed by atoms with Gasteiger partial charge in [0, 0.05) is 5.92 Å². The normalized spacial score (nSPS) is 47.2. The van der Waals surface area contributed by atoms with Crippen LogP contribution < -0.4 is 0 Å². The summed E-state index contributed by atoms with van der Waals surface area (Å²) in [5.41, 5.74) is -0.195. The standard InChI is InChI=1S/C29H48O2.C11H18O3/c1-4-20-16-21(5-2)27-24-17-22(26(20)27)18-25(24)28(30)31-29(3)14-10-9-13-23(29)15-19-11-7-6-8-12-19;1-4-7-9-6(3)13-11(12)10(9)8(5-2)14-7/h19-27H,4-18H2,1-3H3;6-10H,4-5H2,1-3H3. The first-order chi connectivity index (χ1) is 21.7. The minimum atomic E-state index is -0.195. The van der Waals surface area contributed by atoms with Crippen molar-refractivity contribution in [2.24, 2.45) is 65.1 Å². The van der Waals surface area contributed by atoms with Gasteiger partial charge >= 0.3 is 11.9 Å². The molecule has 45 heavy (non-hydrogen) atoms. The van der Waals surface area contributed by atoms with Crippen LogP contribution in [0.5, 0.6) is 0 Å². The molecule has 256 valence electrons. The summed E-state index contributed by atoms with van der Waals surface area (Å²) in [5, 5.41) is 0. The number of carbonyl (C=O) groups excluding carboxylic acids is 2. The Morgan fingerprint density at radius 2 is 1.51 bits per heavy atom. The molecule has 0 amide bonds. The summed E-state index contributed by atoms with van der Waals surface area (Å²) in [4.78, 5) is 25.3. The molecule has 0 aromatic heterocycles. The molecule has 14 atom stereocenters. The van der Waals surface area contributed by atoms with E-state index in [4.69, 9.17) is 14.2 Å². The molecule has 7 aliphatic rings. The molecule has 2 saturated heterocycles. The van der Waals surface area contributed by atoms with Crippen LogP contribution in [0.1, 0.15) is 151 Å². The monoisotopic (exact) mass is 626 g/mol. The molecule has 14 unspecified atom stereocenters. The highest BCUT2D eigenvalue weighted by molar-refractivity contribution is 5.76. The third-order valence-corrected chi connectivity index (χ3v) is 14.7. The maximum absolute atomic E-state index is 13.7. The summed E-state index contributed by atoms with van der Waals surface area (Å²) in [6.07, 6.45) is 22.1. The molecular weight excluding hydrogens is 560 g/mol. The van der Waals surface area contributed by atoms with Gasteiger partial charge < -0.3 is 14.2 Å². The molecule has 5 heteroatoms. The van der Waals surface area contributed by atoms with Crippen LogP contribution in [0.25, 0.3) is 0 Å². The van der Waals surface area contributed by atoms with Crippen LogP contribution >= 0.6 is 0 Å². The molecule has 0 N–H and O–H groups in total. The second-order valence-electron chi connectivity index (χ2n) is 16.9. The lowest BCUT2D eigenvalue weighted by Gasteiger charge is -2.44. The van der Waals surface area contributed by atoms with E-state index in [0.717, 1.165) is 61.2 Å². The zero-order valence-electron chi connectivity index (χ0n) is 29.6. The molecule has 2 heterocycles. The molecule has 7 fully saturated rings. The first kappa shape index (κ1) is 33.8. The summed E-state index contributed by atoms with van der Waals surface area (Å²) >= 11 is 0. The topological polar surface area (TPSA) is 61.8 Å². The lowest BCUT2D eigenvalue weighted by Crippen LogP contribution is -2.45. The van der Waals surface area contributed by atoms with E-state index in [1.54, 1.807) is 0 Å². The van der Waals surface area contributed by atoms with E-state index in [9.17, 15) is 9.59 Å². The number of carbonyl (C=O) groups is 2. The number of hydrogen-bond acceptors (Lipinski definition) is 5. The predicted octanol–water partition coefficient (Wildman–Crippen LogP) is 9.54. The number of hydrogen-bond donors (Lipinski definition) is 0. The Kier molecular flexibility index (Phi) is 10.6. The first-order valence-corrected chi connectivity index (χ1v) is 19.8. The summed E-state index contributed by atoms with van der Waals surface area (Å²) in [5.74, 6) is 7.12. The minimum Gasteiger partial charge on any atom is -0.462 e. The number of rotatable bonds is 8. The van der Waals surface area contributed by atoms with E-state index in [1.807, 2.05) is 6.92 Å². The van der Waals surface area contributed by atoms with Crippen molar-refractivity contribution in [3.05, 3.63) is 0 Å². The summed E-state index contributed by atoms with van der Waals surface area (Å²) in [6, 6.07) is 0. The summed E-state index contributed by atoms with van der Waals surface area (Å²) < 4.78 is 17.7. The van der Waals surface area contributed by atoms with Crippen molar-refractivity contribution < 1.29 is 23.8 Å². The average molecular weight is 627 g/mol. The van der Waals surface area contributed by atoms with Crippen molar-refractivity contribution >= 4 is 11.9 Å². The molecule has 2 aliphatic heterocycles. The second kappa shape index (κ2) is 14.2. The smallest absolute Gasteiger partial charge is 0.312 e. The SMILES string of the molecule is CCC1CC(CC)C2C3CC(CC3C(=O)OC3(C)CCCCC3CC3CCCCC3)C12.CCC1OC(CC)C2C(C)OC(=O)C12. The van der Waals surface area contributed by atoms with Crippen LogP contribution in [-0.2, 0) is 23.8 Å². The molecule has 0 aromatic carbocycles. The van der Waals surface area contributed by atoms with Gasteiger partial charge in [-0.25, -0.2) is 0 Å². The van der Waals surface area contributed by atoms with Crippen molar-refractivity contribution in [1.29, 1.82) is 0 Å². The van der Waals surface area contributed by atoms with E-state index in [1.165, 1.54) is 83.5 Å². The predicted molar refractivity (Wildman–Crippen MR) is 178 cm³/mol. The van der Waals surface area contributed by atoms with E-state index in [-0.39, 0.29) is 53.6 Å². The van der Waals surface area contributed by atoms with Crippen LogP contribution in [-0.4, -0.2) is 35.9 Å². The number of fused-ring (bicyclic) bond motifs is 6. The van der Waals surface area contributed by atoms with E-state index in [2.05, 4.69) is 34.6 Å². The number of ether oxygens (including phenoxy) is 3. The molecule has 0 radical (unpaired) electrons. The van der Waals surface area contributed by atoms with Gasteiger partial charge in [-0.15, -0.1) is 0 Å². The van der Waals surface area contributed by atoms with Gasteiger partial charge in [-0.3, -0.25) is 9.59 Å². The lowest BCUT2D eigenvalue weighted by molar-refractivity contribution is -0.177. The van der Waals surface area contributed by atoms with Crippen LogP contribution in [0.2, 0.25) is 0 Å². The Balaban J connectivity index is 0.000000213. The molecule has 0 aromatic rings. The zero-order chi connectivity index (χ0) is 31.9. The van der Waals surface area contributed by atoms with Gasteiger partial charge in [-0.1, -0.05) is 79.1 Å². The van der Waals surface area contributed by atoms with Gasteiger partial charge in [0.05, 0.1) is 24.0 Å². The maximum Gasteiger partial charge on any atom is 0.312 e. The third-order valence-electron chi connectivity index (χ3n) is 14.7. The average Bonchev–Trinajstić information content (AvgIpc) is 3.85. The van der Waals surface area contributed by atoms with E-state index < -0.39 is 0 Å². The Morgan fingerprint density at radius 1 is 0.822 bits per heavy atom. The molecule has 7 rings (SSSR count). The fourth-order valence-electron chi connectivity index (χ4n) is 12.5. The Morgan fingerprint density at radius 3 is 2.20 bits per heavy atom. The summed E-state index contributed by atoms with van der Waals surface area (Å²) in [6.45, 7) is 13.2. The highest BCUT2D eigenvalue weighted by Gasteiger charge is 2.62. The largest absolute Gasteiger partial charge is 0.462 e. The maximum atomic E-state index is 13.7. The quantitative estimate of drug-likeness (QED) is 0.251. The molecule has 5 aliphatic carbocycles. The van der Waals surface area contributed by atoms with Crippen molar-refractivity contribution in [3.8, 4) is 0 Å². The Hall–Kier alpha value is -1.10. The van der Waals surface area contributed by atoms with Crippen LogP contribution in [0, 0.1) is 65.1 Å². The number of esters is 2. The molecular formula is C40H66O5. The van der Waals surface area contributed by atoms with Crippen molar-refractivity contribution in [2.75, 3.05) is 0 Å². The van der Waals surface area contributed by atoms with Gasteiger partial charge in [0.25, 0.3) is 0 Å². The Labute approximate surface area is 275 Å². The van der Waals surface area contributed by atoms with Crippen molar-refractivity contribution in [2.45, 2.75) is 175 Å². The fraction of sp³-hybridized carbons (Fsp3) is 0.950. The van der Waals surface area contributed by atoms with Crippen LogP contribution in [0.4, 0.5) is 0 Å². The van der Waals surface area contributed by atoms with Gasteiger partial charge in [0.15, 0.2) is 0 Å². The summed E-state index contributed by atoms with van der Waals surface area (Å²) in [7, 11) is 0. The van der Waals surface area contributed by atoms with Crippen molar-refractivity contribution in [3.63, 3.8) is 0 Å². The molecule has 5 nitrogen and oxygen atoms in total. The van der Waals surface area contributed by atoms with E-state index >= 15 is 0 Å². The first-order valence-electron chi connectivity index (χ1n) is 19.8. The molecule has 2 bridgehead atoms. The van der Waals surface area contributed by atoms with E-state index in [0.29, 0.717) is 11.8 Å². The van der Waals surface area contributed by atoms with Gasteiger partial charge in [0.1, 0.15) is 11.7 Å². The Bertz CT molecular complexity index is 1020. The van der Waals surface area contributed by atoms with Crippen LogP contribution in [0.3, 0.4) is 0 Å². The second-order valence-corrected chi connectivity index (χ2v) is 16.9. The molecule has 0 spiro atoms. The lowest BCUT2D eigenvalue weighted by atomic mass is 9.69. The highest BCUT2D eigenvalue weighted by atomic mass is 16.6.